The molecule has 0 bridgehead atoms. The molecule has 1 aromatic carbocycles. The van der Waals surface area contributed by atoms with Crippen molar-refractivity contribution in [3.05, 3.63) is 23.8 Å². The van der Waals surface area contributed by atoms with E-state index in [2.05, 4.69) is 5.32 Å². The third-order valence-corrected chi connectivity index (χ3v) is 3.01. The van der Waals surface area contributed by atoms with E-state index >= 15 is 0 Å². The Morgan fingerprint density at radius 2 is 1.95 bits per heavy atom. The van der Waals surface area contributed by atoms with E-state index in [-0.39, 0.29) is 12.2 Å². The average Bonchev–Trinajstić information content (AvgIpc) is 2.79. The standard InChI is InChI=1S/C11H11F5N2O/c12-6-1-2-7(17)9(8(6)13)19-10(11(14,15)16)3-4-18-5-10/h1-2,18H,3-5,17H2. The van der Waals surface area contributed by atoms with E-state index in [1.807, 2.05) is 0 Å². The number of alkyl halides is 3. The van der Waals surface area contributed by atoms with Crippen LogP contribution in [0.2, 0.25) is 0 Å². The Hall–Kier alpha value is -1.57. The normalized spacial score (nSPS) is 23.6. The topological polar surface area (TPSA) is 47.3 Å². The summed E-state index contributed by atoms with van der Waals surface area (Å²) in [6, 6.07) is 1.69. The summed E-state index contributed by atoms with van der Waals surface area (Å²) in [6.45, 7) is -0.470. The van der Waals surface area contributed by atoms with Gasteiger partial charge in [0.1, 0.15) is 0 Å². The number of anilines is 1. The van der Waals surface area contributed by atoms with Gasteiger partial charge in [0, 0.05) is 13.0 Å². The van der Waals surface area contributed by atoms with E-state index in [9.17, 15) is 22.0 Å². The van der Waals surface area contributed by atoms with Crippen molar-refractivity contribution in [3.8, 4) is 5.75 Å². The second kappa shape index (κ2) is 4.52. The van der Waals surface area contributed by atoms with Gasteiger partial charge >= 0.3 is 6.18 Å². The van der Waals surface area contributed by atoms with Crippen LogP contribution in [-0.2, 0) is 0 Å². The highest BCUT2D eigenvalue weighted by Crippen LogP contribution is 2.41. The van der Waals surface area contributed by atoms with Gasteiger partial charge in [-0.3, -0.25) is 0 Å². The smallest absolute Gasteiger partial charge is 0.429 e. The molecule has 1 aliphatic rings. The van der Waals surface area contributed by atoms with Gasteiger partial charge in [-0.1, -0.05) is 0 Å². The molecule has 0 spiro atoms. The van der Waals surface area contributed by atoms with E-state index in [1.54, 1.807) is 0 Å². The first-order valence-electron chi connectivity index (χ1n) is 5.47. The first-order chi connectivity index (χ1) is 8.77. The molecule has 1 heterocycles. The molecule has 1 aromatic rings. The van der Waals surface area contributed by atoms with Crippen molar-refractivity contribution in [1.82, 2.24) is 5.32 Å². The molecule has 2 rings (SSSR count). The Labute approximate surface area is 105 Å². The summed E-state index contributed by atoms with van der Waals surface area (Å²) in [7, 11) is 0. The van der Waals surface area contributed by atoms with Crippen LogP contribution in [0.15, 0.2) is 12.1 Å². The first-order valence-corrected chi connectivity index (χ1v) is 5.47. The van der Waals surface area contributed by atoms with Crippen LogP contribution in [0.25, 0.3) is 0 Å². The third-order valence-electron chi connectivity index (χ3n) is 3.01. The molecule has 1 fully saturated rings. The highest BCUT2D eigenvalue weighted by molar-refractivity contribution is 5.53. The second-order valence-electron chi connectivity index (χ2n) is 4.30. The fourth-order valence-corrected chi connectivity index (χ4v) is 1.90. The lowest BCUT2D eigenvalue weighted by Crippen LogP contribution is -2.52. The summed E-state index contributed by atoms with van der Waals surface area (Å²) in [4.78, 5) is 0. The molecule has 19 heavy (non-hydrogen) atoms. The zero-order valence-electron chi connectivity index (χ0n) is 9.65. The van der Waals surface area contributed by atoms with Gasteiger partial charge in [-0.15, -0.1) is 0 Å². The molecule has 0 saturated carbocycles. The van der Waals surface area contributed by atoms with Crippen LogP contribution in [0, 0.1) is 11.6 Å². The Balaban J connectivity index is 2.41. The molecule has 0 aromatic heterocycles. The van der Waals surface area contributed by atoms with Gasteiger partial charge in [-0.2, -0.15) is 17.6 Å². The maximum atomic E-state index is 13.5. The lowest BCUT2D eigenvalue weighted by Gasteiger charge is -2.32. The van der Waals surface area contributed by atoms with Gasteiger partial charge in [0.2, 0.25) is 11.4 Å². The quantitative estimate of drug-likeness (QED) is 0.646. The summed E-state index contributed by atoms with van der Waals surface area (Å²) in [6.07, 6.45) is -5.12. The zero-order chi connectivity index (χ0) is 14.3. The van der Waals surface area contributed by atoms with Crippen LogP contribution < -0.4 is 15.8 Å². The minimum absolute atomic E-state index is 0.0658. The van der Waals surface area contributed by atoms with Crippen molar-refractivity contribution in [2.45, 2.75) is 18.2 Å². The van der Waals surface area contributed by atoms with Crippen LogP contribution in [0.4, 0.5) is 27.6 Å². The van der Waals surface area contributed by atoms with E-state index in [0.717, 1.165) is 12.1 Å². The van der Waals surface area contributed by atoms with Gasteiger partial charge in [0.15, 0.2) is 11.6 Å². The summed E-state index contributed by atoms with van der Waals surface area (Å²) in [5.74, 6) is -3.73. The highest BCUT2D eigenvalue weighted by atomic mass is 19.4. The van der Waals surface area contributed by atoms with Gasteiger partial charge in [-0.05, 0) is 18.7 Å². The van der Waals surface area contributed by atoms with Crippen LogP contribution >= 0.6 is 0 Å². The number of hydrogen-bond acceptors (Lipinski definition) is 3. The summed E-state index contributed by atoms with van der Waals surface area (Å²) in [5.41, 5.74) is 2.38. The molecular formula is C11H11F5N2O. The molecule has 1 aliphatic heterocycles. The molecule has 1 unspecified atom stereocenters. The fraction of sp³-hybridized carbons (Fsp3) is 0.455. The summed E-state index contributed by atoms with van der Waals surface area (Å²) in [5, 5.41) is 2.49. The van der Waals surface area contributed by atoms with Gasteiger partial charge < -0.3 is 15.8 Å². The van der Waals surface area contributed by atoms with Crippen molar-refractivity contribution >= 4 is 5.69 Å². The number of rotatable bonds is 2. The third kappa shape index (κ3) is 2.32. The van der Waals surface area contributed by atoms with Crippen LogP contribution in [0.5, 0.6) is 5.75 Å². The monoisotopic (exact) mass is 282 g/mol. The summed E-state index contributed by atoms with van der Waals surface area (Å²) < 4.78 is 70.4. The van der Waals surface area contributed by atoms with Crippen LogP contribution in [0.3, 0.4) is 0 Å². The number of ether oxygens (including phenoxy) is 1. The molecule has 0 aliphatic carbocycles. The highest BCUT2D eigenvalue weighted by Gasteiger charge is 2.59. The molecule has 106 valence electrons. The first kappa shape index (κ1) is 13.9. The van der Waals surface area contributed by atoms with E-state index in [1.165, 1.54) is 0 Å². The predicted octanol–water partition coefficient (Wildman–Crippen LogP) is 2.22. The van der Waals surface area contributed by atoms with E-state index in [4.69, 9.17) is 10.5 Å². The minimum atomic E-state index is -4.72. The molecule has 8 heteroatoms. The van der Waals surface area contributed by atoms with E-state index < -0.39 is 42.1 Å². The Morgan fingerprint density at radius 3 is 2.47 bits per heavy atom. The van der Waals surface area contributed by atoms with Crippen molar-refractivity contribution in [2.24, 2.45) is 0 Å². The maximum Gasteiger partial charge on any atom is 0.429 e. The van der Waals surface area contributed by atoms with Crippen molar-refractivity contribution in [1.29, 1.82) is 0 Å². The number of benzene rings is 1. The molecule has 1 saturated heterocycles. The number of halogens is 5. The molecule has 0 radical (unpaired) electrons. The van der Waals surface area contributed by atoms with Crippen molar-refractivity contribution < 1.29 is 26.7 Å². The molecular weight excluding hydrogens is 271 g/mol. The largest absolute Gasteiger partial charge is 0.471 e. The van der Waals surface area contributed by atoms with Gasteiger partial charge in [-0.25, -0.2) is 4.39 Å². The molecule has 0 amide bonds. The zero-order valence-corrected chi connectivity index (χ0v) is 9.65. The van der Waals surface area contributed by atoms with Crippen LogP contribution in [-0.4, -0.2) is 24.9 Å². The summed E-state index contributed by atoms with van der Waals surface area (Å²) >= 11 is 0. The fourth-order valence-electron chi connectivity index (χ4n) is 1.90. The Morgan fingerprint density at radius 1 is 1.26 bits per heavy atom. The molecule has 3 nitrogen and oxygen atoms in total. The van der Waals surface area contributed by atoms with Gasteiger partial charge in [0.25, 0.3) is 0 Å². The molecule has 3 N–H and O–H groups in total. The minimum Gasteiger partial charge on any atom is -0.471 e. The number of hydrogen-bond donors (Lipinski definition) is 2. The van der Waals surface area contributed by atoms with Crippen LogP contribution in [0.1, 0.15) is 6.42 Å². The van der Waals surface area contributed by atoms with Crippen molar-refractivity contribution in [2.75, 3.05) is 18.8 Å². The SMILES string of the molecule is Nc1ccc(F)c(F)c1OC1(C(F)(F)F)CCNC1. The lowest BCUT2D eigenvalue weighted by atomic mass is 10.0. The average molecular weight is 282 g/mol. The number of nitrogens with two attached hydrogens (primary N) is 1. The predicted molar refractivity (Wildman–Crippen MR) is 57.7 cm³/mol. The Kier molecular flexibility index (Phi) is 3.29. The van der Waals surface area contributed by atoms with Crippen molar-refractivity contribution in [3.63, 3.8) is 0 Å². The maximum absolute atomic E-state index is 13.5. The lowest BCUT2D eigenvalue weighted by molar-refractivity contribution is -0.241. The van der Waals surface area contributed by atoms with E-state index in [0.29, 0.717) is 0 Å². The van der Waals surface area contributed by atoms with Gasteiger partial charge in [0.05, 0.1) is 5.69 Å². The number of nitrogen functional groups attached to an aromatic ring is 1. The molecule has 1 atom stereocenters. The number of nitrogens with one attached hydrogen (secondary N) is 1. The second-order valence-corrected chi connectivity index (χ2v) is 4.30. The Bertz CT molecular complexity index is 483.